The lowest BCUT2D eigenvalue weighted by atomic mass is 10.4. The minimum Gasteiger partial charge on any atom is -0.396 e. The van der Waals surface area contributed by atoms with Gasteiger partial charge in [0.05, 0.1) is 5.69 Å². The summed E-state index contributed by atoms with van der Waals surface area (Å²) in [6.07, 6.45) is 1.34. The molecular formula is C6H6N6O2S2. The van der Waals surface area contributed by atoms with Crippen LogP contribution in [0, 0.1) is 0 Å². The molecule has 0 radical (unpaired) electrons. The average Bonchev–Trinajstić information content (AvgIpc) is 2.70. The van der Waals surface area contributed by atoms with Gasteiger partial charge in [-0.15, -0.1) is 0 Å². The van der Waals surface area contributed by atoms with Crippen molar-refractivity contribution in [2.45, 2.75) is 5.03 Å². The van der Waals surface area contributed by atoms with Crippen LogP contribution in [-0.2, 0) is 10.0 Å². The molecule has 0 saturated heterocycles. The molecule has 10 heteroatoms. The molecule has 2 rings (SSSR count). The minimum atomic E-state index is -3.83. The van der Waals surface area contributed by atoms with E-state index in [0.29, 0.717) is 0 Å². The third-order valence-corrected chi connectivity index (χ3v) is 3.53. The number of rotatable bonds is 3. The number of pyridine rings is 1. The molecule has 0 aromatic carbocycles. The van der Waals surface area contributed by atoms with Crippen LogP contribution in [-0.4, -0.2) is 28.2 Å². The van der Waals surface area contributed by atoms with E-state index in [0.717, 1.165) is 11.5 Å². The molecule has 0 aliphatic rings. The summed E-state index contributed by atoms with van der Waals surface area (Å²) in [5.74, 6) is 0. The predicted octanol–water partition coefficient (Wildman–Crippen LogP) is -0.289. The fourth-order valence-electron chi connectivity index (χ4n) is 0.964. The lowest BCUT2D eigenvalue weighted by Crippen LogP contribution is -2.16. The van der Waals surface area contributed by atoms with Crippen molar-refractivity contribution in [2.24, 2.45) is 0 Å². The Labute approximate surface area is 94.7 Å². The molecule has 0 aliphatic carbocycles. The third-order valence-electron chi connectivity index (χ3n) is 1.58. The van der Waals surface area contributed by atoms with Gasteiger partial charge in [-0.3, -0.25) is 4.72 Å². The van der Waals surface area contributed by atoms with Crippen molar-refractivity contribution in [1.82, 2.24) is 19.8 Å². The molecule has 2 aromatic heterocycles. The smallest absolute Gasteiger partial charge is 0.283 e. The van der Waals surface area contributed by atoms with Crippen molar-refractivity contribution in [3.8, 4) is 0 Å². The SMILES string of the molecule is Nc1cccnc1S(=O)(=O)Nc1nnns1. The van der Waals surface area contributed by atoms with Gasteiger partial charge in [0.1, 0.15) is 0 Å². The summed E-state index contributed by atoms with van der Waals surface area (Å²) in [6, 6.07) is 2.99. The zero-order valence-electron chi connectivity index (χ0n) is 7.73. The maximum Gasteiger partial charge on any atom is 0.283 e. The first kappa shape index (κ1) is 10.7. The fourth-order valence-corrected chi connectivity index (χ4v) is 2.61. The van der Waals surface area contributed by atoms with Gasteiger partial charge in [-0.05, 0) is 17.3 Å². The number of sulfonamides is 1. The first-order chi connectivity index (χ1) is 7.59. The first-order valence-corrected chi connectivity index (χ1v) is 6.23. The van der Waals surface area contributed by atoms with Gasteiger partial charge in [0, 0.05) is 17.7 Å². The molecule has 0 atom stereocenters. The van der Waals surface area contributed by atoms with E-state index in [-0.39, 0.29) is 15.8 Å². The van der Waals surface area contributed by atoms with E-state index in [1.54, 1.807) is 6.07 Å². The van der Waals surface area contributed by atoms with Crippen LogP contribution in [0.25, 0.3) is 0 Å². The lowest BCUT2D eigenvalue weighted by Gasteiger charge is -2.05. The van der Waals surface area contributed by atoms with Crippen LogP contribution in [0.2, 0.25) is 0 Å². The molecule has 2 heterocycles. The van der Waals surface area contributed by atoms with Crippen LogP contribution in [0.3, 0.4) is 0 Å². The number of hydrogen-bond donors (Lipinski definition) is 2. The Morgan fingerprint density at radius 1 is 1.44 bits per heavy atom. The molecule has 3 N–H and O–H groups in total. The molecule has 0 amide bonds. The van der Waals surface area contributed by atoms with E-state index in [4.69, 9.17) is 5.73 Å². The van der Waals surface area contributed by atoms with E-state index in [9.17, 15) is 8.42 Å². The van der Waals surface area contributed by atoms with E-state index in [1.807, 2.05) is 0 Å². The molecule has 16 heavy (non-hydrogen) atoms. The molecule has 0 bridgehead atoms. The lowest BCUT2D eigenvalue weighted by molar-refractivity contribution is 0.598. The Hall–Kier alpha value is -1.81. The summed E-state index contributed by atoms with van der Waals surface area (Å²) >= 11 is 0.819. The highest BCUT2D eigenvalue weighted by atomic mass is 32.2. The van der Waals surface area contributed by atoms with Crippen molar-refractivity contribution < 1.29 is 8.42 Å². The van der Waals surface area contributed by atoms with Gasteiger partial charge in [0.25, 0.3) is 10.0 Å². The van der Waals surface area contributed by atoms with E-state index < -0.39 is 10.0 Å². The molecule has 84 valence electrons. The number of nitrogen functional groups attached to an aromatic ring is 1. The number of nitrogens with two attached hydrogens (primary N) is 1. The van der Waals surface area contributed by atoms with E-state index >= 15 is 0 Å². The summed E-state index contributed by atoms with van der Waals surface area (Å²) < 4.78 is 29.1. The molecule has 0 aliphatic heterocycles. The quantitative estimate of drug-likeness (QED) is 0.775. The van der Waals surface area contributed by atoms with Crippen molar-refractivity contribution in [2.75, 3.05) is 10.5 Å². The van der Waals surface area contributed by atoms with Gasteiger partial charge in [-0.1, -0.05) is 9.59 Å². The van der Waals surface area contributed by atoms with Crippen LogP contribution in [0.15, 0.2) is 23.4 Å². The topological polar surface area (TPSA) is 124 Å². The summed E-state index contributed by atoms with van der Waals surface area (Å²) in [5, 5.41) is 6.53. The standard InChI is InChI=1S/C6H6N6O2S2/c7-4-2-1-3-8-5(4)16(13,14)10-6-9-11-12-15-6/h1-3H,7H2,(H,9,10,12). The normalized spacial score (nSPS) is 11.2. The molecular weight excluding hydrogens is 252 g/mol. The van der Waals surface area contributed by atoms with Crippen molar-refractivity contribution in [1.29, 1.82) is 0 Å². The molecule has 0 saturated carbocycles. The number of nitrogens with zero attached hydrogens (tertiary/aromatic N) is 4. The van der Waals surface area contributed by atoms with Crippen LogP contribution in [0.5, 0.6) is 0 Å². The molecule has 8 nitrogen and oxygen atoms in total. The Morgan fingerprint density at radius 3 is 2.88 bits per heavy atom. The predicted molar refractivity (Wildman–Crippen MR) is 57.2 cm³/mol. The highest BCUT2D eigenvalue weighted by Crippen LogP contribution is 2.18. The monoisotopic (exact) mass is 258 g/mol. The number of nitrogens with one attached hydrogen (secondary N) is 1. The Bertz CT molecular complexity index is 581. The van der Waals surface area contributed by atoms with Crippen molar-refractivity contribution in [3.63, 3.8) is 0 Å². The largest absolute Gasteiger partial charge is 0.396 e. The fraction of sp³-hybridized carbons (Fsp3) is 0. The highest BCUT2D eigenvalue weighted by Gasteiger charge is 2.20. The molecule has 2 aromatic rings. The Morgan fingerprint density at radius 2 is 2.25 bits per heavy atom. The Balaban J connectivity index is 2.37. The molecule has 0 unspecified atom stereocenters. The average molecular weight is 258 g/mol. The molecule has 0 spiro atoms. The second kappa shape index (κ2) is 3.98. The van der Waals surface area contributed by atoms with Crippen LogP contribution in [0.1, 0.15) is 0 Å². The van der Waals surface area contributed by atoms with Gasteiger partial charge >= 0.3 is 0 Å². The first-order valence-electron chi connectivity index (χ1n) is 3.98. The van der Waals surface area contributed by atoms with E-state index in [1.165, 1.54) is 12.3 Å². The van der Waals surface area contributed by atoms with Gasteiger partial charge in [-0.25, -0.2) is 4.98 Å². The second-order valence-corrected chi connectivity index (χ2v) is 5.00. The minimum absolute atomic E-state index is 0.0602. The number of aromatic nitrogens is 4. The third kappa shape index (κ3) is 2.06. The van der Waals surface area contributed by atoms with Crippen LogP contribution < -0.4 is 10.5 Å². The maximum absolute atomic E-state index is 11.8. The number of hydrogen-bond acceptors (Lipinski definition) is 8. The van der Waals surface area contributed by atoms with Crippen LogP contribution in [0.4, 0.5) is 10.8 Å². The summed E-state index contributed by atoms with van der Waals surface area (Å²) in [7, 11) is -3.83. The summed E-state index contributed by atoms with van der Waals surface area (Å²) in [4.78, 5) is 3.69. The molecule has 0 fully saturated rings. The Kier molecular flexibility index (Phi) is 2.66. The highest BCUT2D eigenvalue weighted by molar-refractivity contribution is 7.93. The van der Waals surface area contributed by atoms with Gasteiger partial charge in [0.15, 0.2) is 5.03 Å². The van der Waals surface area contributed by atoms with E-state index in [2.05, 4.69) is 24.5 Å². The van der Waals surface area contributed by atoms with Gasteiger partial charge in [0.2, 0.25) is 5.13 Å². The number of anilines is 2. The van der Waals surface area contributed by atoms with Crippen LogP contribution >= 0.6 is 11.5 Å². The zero-order valence-corrected chi connectivity index (χ0v) is 9.36. The summed E-state index contributed by atoms with van der Waals surface area (Å²) in [6.45, 7) is 0. The van der Waals surface area contributed by atoms with Gasteiger partial charge in [-0.2, -0.15) is 8.42 Å². The van der Waals surface area contributed by atoms with Crippen molar-refractivity contribution >= 4 is 32.4 Å². The van der Waals surface area contributed by atoms with Gasteiger partial charge < -0.3 is 5.73 Å². The second-order valence-electron chi connectivity index (χ2n) is 2.67. The van der Waals surface area contributed by atoms with Crippen molar-refractivity contribution in [3.05, 3.63) is 18.3 Å². The zero-order chi connectivity index (χ0) is 11.6. The summed E-state index contributed by atoms with van der Waals surface area (Å²) in [5.41, 5.74) is 5.57. The maximum atomic E-state index is 11.8.